The number of aryl methyl sites for hydroxylation is 1. The molecule has 0 radical (unpaired) electrons. The van der Waals surface area contributed by atoms with Crippen LogP contribution in [0.15, 0.2) is 18.3 Å². The highest BCUT2D eigenvalue weighted by atomic mass is 32.2. The molecule has 1 unspecified atom stereocenters. The lowest BCUT2D eigenvalue weighted by atomic mass is 10.2. The molecular weight excluding hydrogens is 309 g/mol. The largest absolute Gasteiger partial charge is 0.316 e. The Hall–Kier alpha value is -1.47. The van der Waals surface area contributed by atoms with E-state index in [1.165, 1.54) is 23.6 Å². The second-order valence-electron chi connectivity index (χ2n) is 4.65. The van der Waals surface area contributed by atoms with E-state index in [9.17, 15) is 9.18 Å². The lowest BCUT2D eigenvalue weighted by Gasteiger charge is -2.09. The van der Waals surface area contributed by atoms with Crippen LogP contribution >= 0.6 is 23.1 Å². The molecule has 0 spiro atoms. The highest BCUT2D eigenvalue weighted by Gasteiger charge is 2.16. The molecule has 7 heteroatoms. The Bertz CT molecular complexity index is 628. The summed E-state index contributed by atoms with van der Waals surface area (Å²) in [5.41, 5.74) is 1.49. The molecule has 0 aliphatic heterocycles. The number of thiazole rings is 1. The van der Waals surface area contributed by atoms with Crippen LogP contribution in [0, 0.1) is 18.8 Å². The maximum atomic E-state index is 12.8. The molecule has 21 heavy (non-hydrogen) atoms. The van der Waals surface area contributed by atoms with E-state index in [-0.39, 0.29) is 11.8 Å². The Balaban J connectivity index is 2.16. The molecule has 2 rings (SSSR count). The van der Waals surface area contributed by atoms with Gasteiger partial charge in [0.1, 0.15) is 10.0 Å². The molecule has 0 bridgehead atoms. The summed E-state index contributed by atoms with van der Waals surface area (Å²) in [7, 11) is 0. The minimum atomic E-state index is -0.522. The first-order valence-corrected chi connectivity index (χ1v) is 8.61. The van der Waals surface area contributed by atoms with Crippen LogP contribution in [0.1, 0.15) is 12.6 Å². The summed E-state index contributed by atoms with van der Waals surface area (Å²) < 4.78 is 12.8. The number of hydrogen-bond donors (Lipinski definition) is 1. The number of thioether (sulfide) groups is 1. The van der Waals surface area contributed by atoms with Crippen LogP contribution in [0.25, 0.3) is 10.6 Å². The fraction of sp³-hybridized carbons (Fsp3) is 0.357. The first-order valence-electron chi connectivity index (χ1n) is 6.40. The number of halogens is 1. The highest BCUT2D eigenvalue weighted by molar-refractivity contribution is 7.98. The van der Waals surface area contributed by atoms with Crippen LogP contribution in [0.3, 0.4) is 0 Å². The number of rotatable bonds is 5. The van der Waals surface area contributed by atoms with Crippen molar-refractivity contribution in [2.24, 2.45) is 5.92 Å². The Morgan fingerprint density at radius 1 is 1.52 bits per heavy atom. The van der Waals surface area contributed by atoms with Crippen molar-refractivity contribution in [3.05, 3.63) is 30.0 Å². The minimum absolute atomic E-state index is 0.0140. The van der Waals surface area contributed by atoms with Crippen molar-refractivity contribution < 1.29 is 9.18 Å². The predicted octanol–water partition coefficient (Wildman–Crippen LogP) is 3.59. The molecule has 2 heterocycles. The Labute approximate surface area is 131 Å². The number of amides is 1. The Morgan fingerprint density at radius 2 is 2.29 bits per heavy atom. The van der Waals surface area contributed by atoms with E-state index < -0.39 is 5.95 Å². The molecule has 0 aliphatic rings. The van der Waals surface area contributed by atoms with Crippen molar-refractivity contribution in [2.45, 2.75) is 13.8 Å². The second kappa shape index (κ2) is 7.00. The van der Waals surface area contributed by atoms with E-state index >= 15 is 0 Å². The van der Waals surface area contributed by atoms with Gasteiger partial charge in [-0.1, -0.05) is 18.3 Å². The van der Waals surface area contributed by atoms with Crippen LogP contribution in [0.2, 0.25) is 0 Å². The monoisotopic (exact) mass is 325 g/mol. The van der Waals surface area contributed by atoms with E-state index in [4.69, 9.17) is 0 Å². The van der Waals surface area contributed by atoms with Gasteiger partial charge in [-0.15, -0.1) is 0 Å². The van der Waals surface area contributed by atoms with Gasteiger partial charge in [0.25, 0.3) is 0 Å². The summed E-state index contributed by atoms with van der Waals surface area (Å²) in [6.45, 7) is 3.73. The quantitative estimate of drug-likeness (QED) is 0.854. The molecular formula is C14H16FN3OS2. The predicted molar refractivity (Wildman–Crippen MR) is 86.2 cm³/mol. The van der Waals surface area contributed by atoms with E-state index in [1.54, 1.807) is 17.8 Å². The molecule has 0 fully saturated rings. The van der Waals surface area contributed by atoms with Crippen molar-refractivity contribution in [2.75, 3.05) is 17.3 Å². The molecule has 4 nitrogen and oxygen atoms in total. The van der Waals surface area contributed by atoms with Crippen molar-refractivity contribution in [1.29, 1.82) is 0 Å². The van der Waals surface area contributed by atoms with Crippen molar-refractivity contribution in [3.63, 3.8) is 0 Å². The van der Waals surface area contributed by atoms with E-state index in [0.717, 1.165) is 22.0 Å². The zero-order chi connectivity index (χ0) is 15.4. The van der Waals surface area contributed by atoms with Crippen LogP contribution in [0.4, 0.5) is 9.39 Å². The van der Waals surface area contributed by atoms with Crippen molar-refractivity contribution in [1.82, 2.24) is 9.97 Å². The molecule has 0 saturated heterocycles. The topological polar surface area (TPSA) is 54.9 Å². The fourth-order valence-electron chi connectivity index (χ4n) is 1.70. The third-order valence-corrected chi connectivity index (χ3v) is 4.83. The number of pyridine rings is 1. The zero-order valence-electron chi connectivity index (χ0n) is 12.0. The minimum Gasteiger partial charge on any atom is -0.316 e. The van der Waals surface area contributed by atoms with Crippen LogP contribution < -0.4 is 5.32 Å². The van der Waals surface area contributed by atoms with Gasteiger partial charge in [-0.05, 0) is 25.3 Å². The normalized spacial score (nSPS) is 12.2. The smallest absolute Gasteiger partial charge is 0.228 e. The lowest BCUT2D eigenvalue weighted by molar-refractivity contribution is -0.118. The summed E-state index contributed by atoms with van der Waals surface area (Å²) in [6.07, 6.45) is 3.41. The van der Waals surface area contributed by atoms with Gasteiger partial charge in [-0.25, -0.2) is 9.97 Å². The van der Waals surface area contributed by atoms with Crippen LogP contribution in [0.5, 0.6) is 0 Å². The number of carbonyl (C=O) groups excluding carboxylic acids is 1. The first kappa shape index (κ1) is 15.9. The van der Waals surface area contributed by atoms with Crippen LogP contribution in [-0.2, 0) is 4.79 Å². The number of nitrogens with zero attached hydrogens (tertiary/aromatic N) is 2. The summed E-state index contributed by atoms with van der Waals surface area (Å²) in [6, 6.07) is 2.92. The number of nitrogens with one attached hydrogen (secondary N) is 1. The third kappa shape index (κ3) is 4.01. The zero-order valence-corrected chi connectivity index (χ0v) is 13.6. The summed E-state index contributed by atoms with van der Waals surface area (Å²) >= 11 is 3.01. The molecule has 0 aromatic carbocycles. The van der Waals surface area contributed by atoms with Crippen molar-refractivity contribution in [3.8, 4) is 10.6 Å². The van der Waals surface area contributed by atoms with Gasteiger partial charge in [-0.2, -0.15) is 16.2 Å². The Kier molecular flexibility index (Phi) is 5.30. The second-order valence-corrected chi connectivity index (χ2v) is 6.56. The van der Waals surface area contributed by atoms with Gasteiger partial charge >= 0.3 is 0 Å². The summed E-state index contributed by atoms with van der Waals surface area (Å²) in [4.78, 5) is 20.1. The van der Waals surface area contributed by atoms with E-state index in [2.05, 4.69) is 15.3 Å². The fourth-order valence-corrected chi connectivity index (χ4v) is 3.31. The molecule has 0 aliphatic carbocycles. The maximum Gasteiger partial charge on any atom is 0.228 e. The maximum absolute atomic E-state index is 12.8. The SMILES string of the molecule is CSCC(C)C(=O)Nc1sc(-c2ccc(F)nc2)nc1C. The van der Waals surface area contributed by atoms with Crippen molar-refractivity contribution >= 4 is 34.0 Å². The van der Waals surface area contributed by atoms with Gasteiger partial charge in [0, 0.05) is 23.4 Å². The van der Waals surface area contributed by atoms with Gasteiger partial charge in [0.05, 0.1) is 5.69 Å². The average molecular weight is 325 g/mol. The van der Waals surface area contributed by atoms with Gasteiger partial charge in [0.15, 0.2) is 0 Å². The van der Waals surface area contributed by atoms with Gasteiger partial charge in [0.2, 0.25) is 11.9 Å². The molecule has 0 saturated carbocycles. The molecule has 112 valence electrons. The Morgan fingerprint density at radius 3 is 2.90 bits per heavy atom. The number of aromatic nitrogens is 2. The van der Waals surface area contributed by atoms with Crippen LogP contribution in [-0.4, -0.2) is 27.9 Å². The van der Waals surface area contributed by atoms with E-state index in [1.807, 2.05) is 20.1 Å². The first-order chi connectivity index (χ1) is 10.0. The van der Waals surface area contributed by atoms with Gasteiger partial charge < -0.3 is 5.32 Å². The molecule has 1 N–H and O–H groups in total. The summed E-state index contributed by atoms with van der Waals surface area (Å²) in [5, 5.41) is 4.35. The molecule has 2 aromatic rings. The number of carbonyl (C=O) groups is 1. The molecule has 1 amide bonds. The van der Waals surface area contributed by atoms with Gasteiger partial charge in [-0.3, -0.25) is 4.79 Å². The molecule has 2 aromatic heterocycles. The number of hydrogen-bond acceptors (Lipinski definition) is 5. The van der Waals surface area contributed by atoms with E-state index in [0.29, 0.717) is 5.01 Å². The summed E-state index contributed by atoms with van der Waals surface area (Å²) in [5.74, 6) is 0.182. The average Bonchev–Trinajstić information content (AvgIpc) is 2.81. The third-order valence-electron chi connectivity index (χ3n) is 2.87. The number of anilines is 1. The standard InChI is InChI=1S/C14H16FN3OS2/c1-8(7-20-3)12(19)18-13-9(2)17-14(21-13)10-4-5-11(15)16-6-10/h4-6,8H,7H2,1-3H3,(H,18,19). The highest BCUT2D eigenvalue weighted by Crippen LogP contribution is 2.31. The molecule has 1 atom stereocenters. The lowest BCUT2D eigenvalue weighted by Crippen LogP contribution is -2.21.